The summed E-state index contributed by atoms with van der Waals surface area (Å²) in [4.78, 5) is 0. The molecule has 0 aliphatic rings. The van der Waals surface area contributed by atoms with Gasteiger partial charge in [0.25, 0.3) is 0 Å². The van der Waals surface area contributed by atoms with E-state index in [2.05, 4.69) is 19.1 Å². The molecule has 0 bridgehead atoms. The number of hydrogen-bond acceptors (Lipinski definition) is 2. The molecule has 1 rings (SSSR count). The monoisotopic (exact) mass is 250 g/mol. The van der Waals surface area contributed by atoms with Gasteiger partial charge in [-0.2, -0.15) is 0 Å². The van der Waals surface area contributed by atoms with Gasteiger partial charge in [0.15, 0.2) is 0 Å². The van der Waals surface area contributed by atoms with Crippen LogP contribution in [0.2, 0.25) is 0 Å². The van der Waals surface area contributed by atoms with Crippen LogP contribution >= 0.6 is 0 Å². The Morgan fingerprint density at radius 2 is 1.72 bits per heavy atom. The fraction of sp³-hybridized carbons (Fsp3) is 0.625. The zero-order valence-corrected chi connectivity index (χ0v) is 11.5. The average molecular weight is 250 g/mol. The van der Waals surface area contributed by atoms with Crippen molar-refractivity contribution in [2.75, 3.05) is 0 Å². The predicted octanol–water partition coefficient (Wildman–Crippen LogP) is 3.17. The second-order valence-electron chi connectivity index (χ2n) is 5.16. The molecule has 0 fully saturated rings. The SMILES string of the molecule is CCCC[C@H](CCc1ccccc1)[C@@H](O)[C@@H](C)O. The Balaban J connectivity index is 2.50. The first-order chi connectivity index (χ1) is 8.65. The highest BCUT2D eigenvalue weighted by molar-refractivity contribution is 5.14. The maximum absolute atomic E-state index is 10.0. The lowest BCUT2D eigenvalue weighted by Gasteiger charge is -2.25. The zero-order chi connectivity index (χ0) is 13.4. The summed E-state index contributed by atoms with van der Waals surface area (Å²) in [5, 5.41) is 19.6. The van der Waals surface area contributed by atoms with Gasteiger partial charge in [0.2, 0.25) is 0 Å². The van der Waals surface area contributed by atoms with Gasteiger partial charge in [-0.3, -0.25) is 0 Å². The van der Waals surface area contributed by atoms with Crippen molar-refractivity contribution < 1.29 is 10.2 Å². The van der Waals surface area contributed by atoms with Crippen molar-refractivity contribution in [2.45, 2.75) is 58.2 Å². The topological polar surface area (TPSA) is 40.5 Å². The van der Waals surface area contributed by atoms with Gasteiger partial charge in [-0.05, 0) is 37.7 Å². The smallest absolute Gasteiger partial charge is 0.0824 e. The van der Waals surface area contributed by atoms with Crippen molar-refractivity contribution in [3.63, 3.8) is 0 Å². The maximum atomic E-state index is 10.0. The summed E-state index contributed by atoms with van der Waals surface area (Å²) in [6, 6.07) is 10.3. The Morgan fingerprint density at radius 1 is 1.06 bits per heavy atom. The molecular formula is C16H26O2. The van der Waals surface area contributed by atoms with Gasteiger partial charge in [0.05, 0.1) is 12.2 Å². The number of aryl methyl sites for hydroxylation is 1. The molecular weight excluding hydrogens is 224 g/mol. The van der Waals surface area contributed by atoms with Gasteiger partial charge in [0, 0.05) is 0 Å². The summed E-state index contributed by atoms with van der Waals surface area (Å²) >= 11 is 0. The highest BCUT2D eigenvalue weighted by Gasteiger charge is 2.22. The Bertz CT molecular complexity index is 308. The molecule has 0 aromatic heterocycles. The van der Waals surface area contributed by atoms with E-state index >= 15 is 0 Å². The number of hydrogen-bond donors (Lipinski definition) is 2. The normalized spacial score (nSPS) is 16.2. The molecule has 0 saturated heterocycles. The van der Waals surface area contributed by atoms with Crippen LogP contribution in [0.1, 0.15) is 45.1 Å². The second kappa shape index (κ2) is 8.28. The minimum Gasteiger partial charge on any atom is -0.391 e. The van der Waals surface area contributed by atoms with Crippen molar-refractivity contribution in [3.05, 3.63) is 35.9 Å². The highest BCUT2D eigenvalue weighted by atomic mass is 16.3. The molecule has 2 N–H and O–H groups in total. The van der Waals surface area contributed by atoms with Crippen LogP contribution in [-0.2, 0) is 6.42 Å². The van der Waals surface area contributed by atoms with Crippen LogP contribution in [0, 0.1) is 5.92 Å². The quantitative estimate of drug-likeness (QED) is 0.744. The molecule has 0 aliphatic carbocycles. The van der Waals surface area contributed by atoms with Crippen LogP contribution in [0.4, 0.5) is 0 Å². The van der Waals surface area contributed by atoms with Gasteiger partial charge >= 0.3 is 0 Å². The molecule has 0 aliphatic heterocycles. The Labute approximate surface area is 111 Å². The van der Waals surface area contributed by atoms with Gasteiger partial charge in [0.1, 0.15) is 0 Å². The molecule has 1 aromatic carbocycles. The lowest BCUT2D eigenvalue weighted by atomic mass is 9.87. The van der Waals surface area contributed by atoms with Crippen molar-refractivity contribution in [2.24, 2.45) is 5.92 Å². The number of aliphatic hydroxyl groups is 2. The number of rotatable bonds is 8. The van der Waals surface area contributed by atoms with E-state index in [1.165, 1.54) is 5.56 Å². The van der Waals surface area contributed by atoms with Gasteiger partial charge in [-0.1, -0.05) is 50.1 Å². The molecule has 0 spiro atoms. The number of unbranched alkanes of at least 4 members (excludes halogenated alkanes) is 1. The third kappa shape index (κ3) is 5.19. The summed E-state index contributed by atoms with van der Waals surface area (Å²) in [5.74, 6) is 0.199. The summed E-state index contributed by atoms with van der Waals surface area (Å²) < 4.78 is 0. The first-order valence-electron chi connectivity index (χ1n) is 7.05. The van der Waals surface area contributed by atoms with Gasteiger partial charge < -0.3 is 10.2 Å². The molecule has 1 aromatic rings. The van der Waals surface area contributed by atoms with E-state index in [-0.39, 0.29) is 5.92 Å². The van der Waals surface area contributed by atoms with E-state index < -0.39 is 12.2 Å². The van der Waals surface area contributed by atoms with Crippen LogP contribution < -0.4 is 0 Å². The minimum atomic E-state index is -0.636. The number of aliphatic hydroxyl groups excluding tert-OH is 2. The molecule has 2 nitrogen and oxygen atoms in total. The fourth-order valence-corrected chi connectivity index (χ4v) is 2.34. The van der Waals surface area contributed by atoms with Crippen molar-refractivity contribution in [1.29, 1.82) is 0 Å². The molecule has 18 heavy (non-hydrogen) atoms. The number of benzene rings is 1. The standard InChI is InChI=1S/C16H26O2/c1-3-4-10-15(16(18)13(2)17)12-11-14-8-6-5-7-9-14/h5-9,13,15-18H,3-4,10-12H2,1-2H3/t13-,15-,16+/m1/s1. The van der Waals surface area contributed by atoms with Crippen LogP contribution in [0.25, 0.3) is 0 Å². The highest BCUT2D eigenvalue weighted by Crippen LogP contribution is 2.22. The van der Waals surface area contributed by atoms with Crippen LogP contribution in [0.5, 0.6) is 0 Å². The zero-order valence-electron chi connectivity index (χ0n) is 11.5. The van der Waals surface area contributed by atoms with E-state index in [4.69, 9.17) is 0 Å². The van der Waals surface area contributed by atoms with E-state index in [0.29, 0.717) is 0 Å². The maximum Gasteiger partial charge on any atom is 0.0824 e. The molecule has 0 heterocycles. The molecule has 0 radical (unpaired) electrons. The fourth-order valence-electron chi connectivity index (χ4n) is 2.34. The van der Waals surface area contributed by atoms with Gasteiger partial charge in [-0.25, -0.2) is 0 Å². The van der Waals surface area contributed by atoms with E-state index in [9.17, 15) is 10.2 Å². The van der Waals surface area contributed by atoms with Crippen molar-refractivity contribution >= 4 is 0 Å². The molecule has 0 saturated carbocycles. The Kier molecular flexibility index (Phi) is 6.99. The molecule has 3 atom stereocenters. The lowest BCUT2D eigenvalue weighted by molar-refractivity contribution is -0.0125. The lowest BCUT2D eigenvalue weighted by Crippen LogP contribution is -2.31. The first-order valence-corrected chi connectivity index (χ1v) is 7.05. The summed E-state index contributed by atoms with van der Waals surface area (Å²) in [5.41, 5.74) is 1.30. The molecule has 0 amide bonds. The van der Waals surface area contributed by atoms with Crippen molar-refractivity contribution in [3.8, 4) is 0 Å². The van der Waals surface area contributed by atoms with Crippen molar-refractivity contribution in [1.82, 2.24) is 0 Å². The molecule has 102 valence electrons. The summed E-state index contributed by atoms with van der Waals surface area (Å²) in [6.45, 7) is 3.83. The first kappa shape index (κ1) is 15.2. The van der Waals surface area contributed by atoms with Crippen LogP contribution in [0.15, 0.2) is 30.3 Å². The summed E-state index contributed by atoms with van der Waals surface area (Å²) in [7, 11) is 0. The van der Waals surface area contributed by atoms with Crippen LogP contribution in [-0.4, -0.2) is 22.4 Å². The summed E-state index contributed by atoms with van der Waals surface area (Å²) in [6.07, 6.45) is 3.92. The Hall–Kier alpha value is -0.860. The predicted molar refractivity (Wildman–Crippen MR) is 75.5 cm³/mol. The van der Waals surface area contributed by atoms with E-state index in [1.807, 2.05) is 18.2 Å². The third-order valence-corrected chi connectivity index (χ3v) is 3.55. The second-order valence-corrected chi connectivity index (χ2v) is 5.16. The van der Waals surface area contributed by atoms with E-state index in [1.54, 1.807) is 6.92 Å². The van der Waals surface area contributed by atoms with E-state index in [0.717, 1.165) is 32.1 Å². The largest absolute Gasteiger partial charge is 0.391 e. The van der Waals surface area contributed by atoms with Crippen LogP contribution in [0.3, 0.4) is 0 Å². The molecule has 2 heteroatoms. The van der Waals surface area contributed by atoms with Gasteiger partial charge in [-0.15, -0.1) is 0 Å². The molecule has 0 unspecified atom stereocenters. The average Bonchev–Trinajstić information content (AvgIpc) is 2.39. The minimum absolute atomic E-state index is 0.199. The Morgan fingerprint density at radius 3 is 2.28 bits per heavy atom. The third-order valence-electron chi connectivity index (χ3n) is 3.55.